The molecule has 2 heterocycles. The average Bonchev–Trinajstić information content (AvgIpc) is 3.03. The van der Waals surface area contributed by atoms with Crippen molar-refractivity contribution in [3.63, 3.8) is 0 Å². The zero-order valence-electron chi connectivity index (χ0n) is 14.4. The normalized spacial score (nSPS) is 13.3. The van der Waals surface area contributed by atoms with Gasteiger partial charge >= 0.3 is 0 Å². The number of anilines is 2. The highest BCUT2D eigenvalue weighted by atomic mass is 16.5. The molecule has 7 nitrogen and oxygen atoms in total. The predicted molar refractivity (Wildman–Crippen MR) is 95.6 cm³/mol. The van der Waals surface area contributed by atoms with Gasteiger partial charge in [0.1, 0.15) is 11.5 Å². The number of pyridine rings is 1. The van der Waals surface area contributed by atoms with E-state index in [1.165, 1.54) is 0 Å². The van der Waals surface area contributed by atoms with Crippen LogP contribution in [0.15, 0.2) is 18.3 Å². The predicted octanol–water partition coefficient (Wildman–Crippen LogP) is 3.01. The van der Waals surface area contributed by atoms with E-state index in [9.17, 15) is 9.59 Å². The van der Waals surface area contributed by atoms with Crippen molar-refractivity contribution in [1.82, 2.24) is 9.97 Å². The largest absolute Gasteiger partial charge is 0.476 e. The lowest BCUT2D eigenvalue weighted by Crippen LogP contribution is -2.18. The molecule has 0 atom stereocenters. The van der Waals surface area contributed by atoms with Gasteiger partial charge < -0.3 is 20.4 Å². The van der Waals surface area contributed by atoms with E-state index in [-0.39, 0.29) is 11.7 Å². The zero-order chi connectivity index (χ0) is 17.8. The first kappa shape index (κ1) is 17.0. The van der Waals surface area contributed by atoms with Gasteiger partial charge in [0.15, 0.2) is 5.78 Å². The summed E-state index contributed by atoms with van der Waals surface area (Å²) in [6, 6.07) is 3.52. The Morgan fingerprint density at radius 2 is 2.16 bits per heavy atom. The standard InChI is InChI=1S/C18H22N4O3/c1-3-19-15-9-8-13(18(22-15)25-4-2)21-17(24)11-10-20-12-6-5-7-14(23)16(11)12/h8-10,20H,3-7H2,1-2H3,(H,19,22)(H,21,24). The summed E-state index contributed by atoms with van der Waals surface area (Å²) in [7, 11) is 0. The van der Waals surface area contributed by atoms with E-state index >= 15 is 0 Å². The number of ketones is 1. The van der Waals surface area contributed by atoms with Gasteiger partial charge in [0, 0.05) is 24.9 Å². The third kappa shape index (κ3) is 3.50. The molecule has 0 aliphatic heterocycles. The van der Waals surface area contributed by atoms with E-state index in [1.807, 2.05) is 13.8 Å². The van der Waals surface area contributed by atoms with Gasteiger partial charge in [-0.25, -0.2) is 0 Å². The van der Waals surface area contributed by atoms with E-state index in [1.54, 1.807) is 18.3 Å². The number of Topliss-reactive ketones (excluding diaryl/α,β-unsaturated/α-hetero) is 1. The van der Waals surface area contributed by atoms with E-state index in [0.29, 0.717) is 41.5 Å². The number of hydrogen-bond acceptors (Lipinski definition) is 5. The molecule has 132 valence electrons. The summed E-state index contributed by atoms with van der Waals surface area (Å²) in [5.74, 6) is 0.702. The fraction of sp³-hybridized carbons (Fsp3) is 0.389. The van der Waals surface area contributed by atoms with Crippen LogP contribution in [0.5, 0.6) is 5.88 Å². The van der Waals surface area contributed by atoms with Crippen molar-refractivity contribution in [2.24, 2.45) is 0 Å². The summed E-state index contributed by atoms with van der Waals surface area (Å²) < 4.78 is 5.54. The number of nitrogens with zero attached hydrogens (tertiary/aromatic N) is 1. The summed E-state index contributed by atoms with van der Waals surface area (Å²) in [5, 5.41) is 5.92. The van der Waals surface area contributed by atoms with E-state index in [0.717, 1.165) is 25.1 Å². The van der Waals surface area contributed by atoms with Gasteiger partial charge in [0.05, 0.1) is 17.7 Å². The Kier molecular flexibility index (Phi) is 5.02. The molecule has 0 bridgehead atoms. The first-order valence-electron chi connectivity index (χ1n) is 8.56. The Bertz CT molecular complexity index is 798. The number of carbonyl (C=O) groups is 2. The van der Waals surface area contributed by atoms with Crippen molar-refractivity contribution in [3.05, 3.63) is 35.2 Å². The highest BCUT2D eigenvalue weighted by Crippen LogP contribution is 2.28. The van der Waals surface area contributed by atoms with Gasteiger partial charge in [-0.15, -0.1) is 0 Å². The van der Waals surface area contributed by atoms with Crippen molar-refractivity contribution >= 4 is 23.2 Å². The van der Waals surface area contributed by atoms with Crippen LogP contribution < -0.4 is 15.4 Å². The molecule has 3 N–H and O–H groups in total. The van der Waals surface area contributed by atoms with E-state index in [2.05, 4.69) is 20.6 Å². The summed E-state index contributed by atoms with van der Waals surface area (Å²) in [6.07, 6.45) is 3.69. The second kappa shape index (κ2) is 7.38. The molecule has 0 unspecified atom stereocenters. The molecule has 0 radical (unpaired) electrons. The molecule has 0 spiro atoms. The number of H-pyrrole nitrogens is 1. The minimum Gasteiger partial charge on any atom is -0.476 e. The molecule has 25 heavy (non-hydrogen) atoms. The van der Waals surface area contributed by atoms with Crippen LogP contribution in [-0.2, 0) is 6.42 Å². The molecular formula is C18H22N4O3. The maximum absolute atomic E-state index is 12.7. The smallest absolute Gasteiger partial charge is 0.258 e. The van der Waals surface area contributed by atoms with Crippen molar-refractivity contribution < 1.29 is 14.3 Å². The second-order valence-electron chi connectivity index (χ2n) is 5.80. The summed E-state index contributed by atoms with van der Waals surface area (Å²) >= 11 is 0. The number of hydrogen-bond donors (Lipinski definition) is 3. The monoisotopic (exact) mass is 342 g/mol. The van der Waals surface area contributed by atoms with Crippen LogP contribution >= 0.6 is 0 Å². The number of ether oxygens (including phenoxy) is 1. The topological polar surface area (TPSA) is 96.1 Å². The van der Waals surface area contributed by atoms with Gasteiger partial charge in [-0.05, 0) is 38.8 Å². The molecule has 1 aliphatic rings. The Morgan fingerprint density at radius 3 is 2.92 bits per heavy atom. The highest BCUT2D eigenvalue weighted by molar-refractivity contribution is 6.13. The van der Waals surface area contributed by atoms with Crippen LogP contribution in [0.1, 0.15) is 53.1 Å². The molecule has 0 aromatic carbocycles. The third-order valence-electron chi connectivity index (χ3n) is 4.06. The average molecular weight is 342 g/mol. The first-order chi connectivity index (χ1) is 12.1. The molecule has 2 aromatic rings. The van der Waals surface area contributed by atoms with Crippen molar-refractivity contribution in [2.75, 3.05) is 23.8 Å². The van der Waals surface area contributed by atoms with Gasteiger partial charge in [-0.1, -0.05) is 0 Å². The fourth-order valence-electron chi connectivity index (χ4n) is 2.96. The first-order valence-corrected chi connectivity index (χ1v) is 8.56. The van der Waals surface area contributed by atoms with Crippen molar-refractivity contribution in [1.29, 1.82) is 0 Å². The lowest BCUT2D eigenvalue weighted by molar-refractivity contribution is 0.0956. The van der Waals surface area contributed by atoms with Crippen LogP contribution in [0.25, 0.3) is 0 Å². The lowest BCUT2D eigenvalue weighted by Gasteiger charge is -2.14. The number of fused-ring (bicyclic) bond motifs is 1. The second-order valence-corrected chi connectivity index (χ2v) is 5.80. The Hall–Kier alpha value is -2.83. The minimum absolute atomic E-state index is 0.0123. The number of carbonyl (C=O) groups excluding carboxylic acids is 2. The number of aromatic amines is 1. The van der Waals surface area contributed by atoms with Crippen molar-refractivity contribution in [3.8, 4) is 5.88 Å². The maximum atomic E-state index is 12.7. The summed E-state index contributed by atoms with van der Waals surface area (Å²) in [4.78, 5) is 32.3. The summed E-state index contributed by atoms with van der Waals surface area (Å²) in [5.41, 5.74) is 2.20. The van der Waals surface area contributed by atoms with E-state index in [4.69, 9.17) is 4.74 Å². The SMILES string of the molecule is CCNc1ccc(NC(=O)c2c[nH]c3c2C(=O)CCC3)c(OCC)n1. The molecule has 7 heteroatoms. The van der Waals surface area contributed by atoms with Crippen LogP contribution in [0.4, 0.5) is 11.5 Å². The Labute approximate surface area is 146 Å². The number of nitrogens with one attached hydrogen (secondary N) is 3. The van der Waals surface area contributed by atoms with Crippen LogP contribution in [0.2, 0.25) is 0 Å². The Balaban J connectivity index is 1.86. The van der Waals surface area contributed by atoms with Crippen molar-refractivity contribution in [2.45, 2.75) is 33.1 Å². The molecule has 0 fully saturated rings. The van der Waals surface area contributed by atoms with Crippen LogP contribution in [0.3, 0.4) is 0 Å². The molecule has 3 rings (SSSR count). The minimum atomic E-state index is -0.341. The molecule has 1 aliphatic carbocycles. The quantitative estimate of drug-likeness (QED) is 0.750. The lowest BCUT2D eigenvalue weighted by atomic mass is 9.93. The zero-order valence-corrected chi connectivity index (χ0v) is 14.4. The molecule has 2 aromatic heterocycles. The third-order valence-corrected chi connectivity index (χ3v) is 4.06. The molecule has 0 saturated carbocycles. The van der Waals surface area contributed by atoms with Gasteiger partial charge in [0.25, 0.3) is 5.91 Å². The van der Waals surface area contributed by atoms with E-state index < -0.39 is 0 Å². The summed E-state index contributed by atoms with van der Waals surface area (Å²) in [6.45, 7) is 5.00. The van der Waals surface area contributed by atoms with Gasteiger partial charge in [-0.2, -0.15) is 4.98 Å². The van der Waals surface area contributed by atoms with Gasteiger partial charge in [0.2, 0.25) is 5.88 Å². The van der Waals surface area contributed by atoms with Crippen LogP contribution in [0, 0.1) is 0 Å². The molecular weight excluding hydrogens is 320 g/mol. The Morgan fingerprint density at radius 1 is 1.32 bits per heavy atom. The maximum Gasteiger partial charge on any atom is 0.258 e. The number of aromatic nitrogens is 2. The molecule has 0 saturated heterocycles. The number of rotatable bonds is 6. The number of amides is 1. The number of aryl methyl sites for hydroxylation is 1. The molecule has 1 amide bonds. The fourth-order valence-corrected chi connectivity index (χ4v) is 2.96. The van der Waals surface area contributed by atoms with Crippen LogP contribution in [-0.4, -0.2) is 34.8 Å². The highest BCUT2D eigenvalue weighted by Gasteiger charge is 2.26. The van der Waals surface area contributed by atoms with Gasteiger partial charge in [-0.3, -0.25) is 9.59 Å².